The van der Waals surface area contributed by atoms with Crippen LogP contribution in [0, 0.1) is 0 Å². The number of nitrogens with two attached hydrogens (primary N) is 3. The summed E-state index contributed by atoms with van der Waals surface area (Å²) in [5.41, 5.74) is 17.5. The molecule has 1 aromatic heterocycles. The van der Waals surface area contributed by atoms with Crippen molar-refractivity contribution in [3.63, 3.8) is 0 Å². The van der Waals surface area contributed by atoms with Crippen LogP contribution in [-0.2, 0) is 41.6 Å². The molecule has 0 radical (unpaired) electrons. The van der Waals surface area contributed by atoms with Crippen LogP contribution in [-0.4, -0.2) is 74.7 Å². The highest BCUT2D eigenvalue weighted by Gasteiger charge is 2.32. The number of primary amides is 2. The molecule has 0 fully saturated rings. The molecule has 11 N–H and O–H groups in total. The molecule has 0 saturated heterocycles. The second-order valence-electron chi connectivity index (χ2n) is 8.44. The molecule has 5 amide bonds. The molecular weight excluding hydrogens is 500 g/mol. The molecule has 0 saturated carbocycles. The standard InChI is InChI=1S/C23H30N8O7/c24-14(6-12-4-2-1-3-5-12)20(34)29-15(8-18(25)32)21(35)30-16(9-19(26)33)22(36)31-17(23(37)38)7-13-10-27-11-28-13/h1-5,10-11,14-17H,6-9,24H2,(H2,25,32)(H2,26,33)(H,27,28)(H,29,34)(H,30,35)(H,31,36)(H,37,38). The molecular formula is C23H30N8O7. The first kappa shape index (κ1) is 29.4. The average molecular weight is 531 g/mol. The van der Waals surface area contributed by atoms with E-state index < -0.39 is 72.5 Å². The summed E-state index contributed by atoms with van der Waals surface area (Å²) in [6, 6.07) is 3.15. The number of aliphatic carboxylic acids is 1. The van der Waals surface area contributed by atoms with Gasteiger partial charge in [-0.2, -0.15) is 0 Å². The molecule has 1 heterocycles. The van der Waals surface area contributed by atoms with Crippen LogP contribution >= 0.6 is 0 Å². The summed E-state index contributed by atoms with van der Waals surface area (Å²) >= 11 is 0. The minimum absolute atomic E-state index is 0.136. The molecule has 15 heteroatoms. The third-order valence-electron chi connectivity index (χ3n) is 5.31. The molecule has 0 aliphatic carbocycles. The molecule has 4 atom stereocenters. The smallest absolute Gasteiger partial charge is 0.326 e. The Hall–Kier alpha value is -4.79. The van der Waals surface area contributed by atoms with E-state index in [2.05, 4.69) is 25.9 Å². The van der Waals surface area contributed by atoms with Crippen molar-refractivity contribution in [1.29, 1.82) is 0 Å². The number of nitrogens with one attached hydrogen (secondary N) is 4. The summed E-state index contributed by atoms with van der Waals surface area (Å²) in [6.45, 7) is 0. The van der Waals surface area contributed by atoms with Crippen molar-refractivity contribution in [3.05, 3.63) is 54.1 Å². The Morgan fingerprint density at radius 3 is 1.82 bits per heavy atom. The lowest BCUT2D eigenvalue weighted by molar-refractivity contribution is -0.142. The van der Waals surface area contributed by atoms with Crippen molar-refractivity contribution >= 4 is 35.5 Å². The molecule has 204 valence electrons. The normalized spacial score (nSPS) is 13.8. The number of aromatic nitrogens is 2. The summed E-state index contributed by atoms with van der Waals surface area (Å²) in [5.74, 6) is -6.14. The molecule has 0 aliphatic rings. The van der Waals surface area contributed by atoms with E-state index in [1.54, 1.807) is 30.3 Å². The third kappa shape index (κ3) is 9.69. The summed E-state index contributed by atoms with van der Waals surface area (Å²) in [6.07, 6.45) is 1.32. The lowest BCUT2D eigenvalue weighted by Crippen LogP contribution is -2.58. The number of hydrogen-bond donors (Lipinski definition) is 8. The molecule has 38 heavy (non-hydrogen) atoms. The van der Waals surface area contributed by atoms with Crippen LogP contribution in [0.1, 0.15) is 24.1 Å². The van der Waals surface area contributed by atoms with E-state index in [1.165, 1.54) is 12.5 Å². The number of H-pyrrole nitrogens is 1. The zero-order chi connectivity index (χ0) is 28.2. The zero-order valence-corrected chi connectivity index (χ0v) is 20.3. The lowest BCUT2D eigenvalue weighted by atomic mass is 10.0. The first-order valence-electron chi connectivity index (χ1n) is 11.4. The Morgan fingerprint density at radius 1 is 0.816 bits per heavy atom. The quantitative estimate of drug-likeness (QED) is 0.115. The van der Waals surface area contributed by atoms with Gasteiger partial charge in [-0.1, -0.05) is 30.3 Å². The van der Waals surface area contributed by atoms with Crippen molar-refractivity contribution in [3.8, 4) is 0 Å². The van der Waals surface area contributed by atoms with Crippen LogP contribution in [0.4, 0.5) is 0 Å². The monoisotopic (exact) mass is 530 g/mol. The maximum atomic E-state index is 12.9. The molecule has 4 unspecified atom stereocenters. The van der Waals surface area contributed by atoms with Crippen molar-refractivity contribution in [1.82, 2.24) is 25.9 Å². The van der Waals surface area contributed by atoms with E-state index in [0.717, 1.165) is 5.56 Å². The molecule has 0 bridgehead atoms. The average Bonchev–Trinajstić information content (AvgIpc) is 3.35. The highest BCUT2D eigenvalue weighted by molar-refractivity contribution is 5.97. The van der Waals surface area contributed by atoms with E-state index >= 15 is 0 Å². The molecule has 1 aromatic carbocycles. The number of benzene rings is 1. The number of hydrogen-bond acceptors (Lipinski definition) is 8. The van der Waals surface area contributed by atoms with Gasteiger partial charge in [-0.3, -0.25) is 24.0 Å². The minimum Gasteiger partial charge on any atom is -0.480 e. The van der Waals surface area contributed by atoms with Crippen molar-refractivity contribution in [2.45, 2.75) is 49.9 Å². The van der Waals surface area contributed by atoms with Gasteiger partial charge in [-0.25, -0.2) is 9.78 Å². The van der Waals surface area contributed by atoms with Crippen LogP contribution in [0.25, 0.3) is 0 Å². The van der Waals surface area contributed by atoms with Crippen LogP contribution in [0.3, 0.4) is 0 Å². The fourth-order valence-corrected chi connectivity index (χ4v) is 3.42. The first-order chi connectivity index (χ1) is 18.0. The number of carboxylic acid groups (broad SMARTS) is 1. The highest BCUT2D eigenvalue weighted by atomic mass is 16.4. The number of carbonyl (C=O) groups is 6. The van der Waals surface area contributed by atoms with Gasteiger partial charge in [-0.05, 0) is 12.0 Å². The topological polar surface area (TPSA) is 265 Å². The van der Waals surface area contributed by atoms with E-state index in [4.69, 9.17) is 17.2 Å². The minimum atomic E-state index is -1.62. The lowest BCUT2D eigenvalue weighted by Gasteiger charge is -2.24. The summed E-state index contributed by atoms with van der Waals surface area (Å²) in [7, 11) is 0. The number of carbonyl (C=O) groups excluding carboxylic acids is 5. The van der Waals surface area contributed by atoms with Crippen molar-refractivity contribution in [2.24, 2.45) is 17.2 Å². The molecule has 0 aliphatic heterocycles. The summed E-state index contributed by atoms with van der Waals surface area (Å²) < 4.78 is 0. The number of aromatic amines is 1. The van der Waals surface area contributed by atoms with Gasteiger partial charge in [0.05, 0.1) is 25.2 Å². The predicted octanol–water partition coefficient (Wildman–Crippen LogP) is -3.19. The predicted molar refractivity (Wildman–Crippen MR) is 131 cm³/mol. The Balaban J connectivity index is 2.12. The van der Waals surface area contributed by atoms with Crippen LogP contribution < -0.4 is 33.2 Å². The number of amides is 5. The van der Waals surface area contributed by atoms with Crippen molar-refractivity contribution in [2.75, 3.05) is 0 Å². The fraction of sp³-hybridized carbons (Fsp3) is 0.348. The Bertz CT molecular complexity index is 1140. The Labute approximate surface area is 216 Å². The van der Waals surface area contributed by atoms with Crippen LogP contribution in [0.5, 0.6) is 0 Å². The molecule has 2 rings (SSSR count). The van der Waals surface area contributed by atoms with Crippen molar-refractivity contribution < 1.29 is 33.9 Å². The van der Waals surface area contributed by atoms with Crippen LogP contribution in [0.15, 0.2) is 42.9 Å². The largest absolute Gasteiger partial charge is 0.480 e. The van der Waals surface area contributed by atoms with E-state index in [9.17, 15) is 33.9 Å². The molecule has 2 aromatic rings. The van der Waals surface area contributed by atoms with Gasteiger partial charge in [0.1, 0.15) is 18.1 Å². The van der Waals surface area contributed by atoms with Gasteiger partial charge in [-0.15, -0.1) is 0 Å². The second-order valence-corrected chi connectivity index (χ2v) is 8.44. The van der Waals surface area contributed by atoms with Gasteiger partial charge >= 0.3 is 5.97 Å². The summed E-state index contributed by atoms with van der Waals surface area (Å²) in [4.78, 5) is 79.6. The number of nitrogens with zero attached hydrogens (tertiary/aromatic N) is 1. The van der Waals surface area contributed by atoms with Crippen LogP contribution in [0.2, 0.25) is 0 Å². The maximum absolute atomic E-state index is 12.9. The summed E-state index contributed by atoms with van der Waals surface area (Å²) in [5, 5.41) is 16.2. The van der Waals surface area contributed by atoms with E-state index in [-0.39, 0.29) is 12.8 Å². The highest BCUT2D eigenvalue weighted by Crippen LogP contribution is 2.05. The SMILES string of the molecule is NC(=O)CC(NC(=O)C(N)Cc1ccccc1)C(=O)NC(CC(N)=O)C(=O)NC(Cc1cnc[nH]1)C(=O)O. The number of rotatable bonds is 15. The fourth-order valence-electron chi connectivity index (χ4n) is 3.42. The first-order valence-corrected chi connectivity index (χ1v) is 11.4. The van der Waals surface area contributed by atoms with Gasteiger partial charge in [0.15, 0.2) is 0 Å². The van der Waals surface area contributed by atoms with Gasteiger partial charge < -0.3 is 43.2 Å². The Morgan fingerprint density at radius 2 is 1.34 bits per heavy atom. The van der Waals surface area contributed by atoms with Gasteiger partial charge in [0.2, 0.25) is 29.5 Å². The number of carboxylic acids is 1. The zero-order valence-electron chi connectivity index (χ0n) is 20.3. The second kappa shape index (κ2) is 14.1. The molecule has 0 spiro atoms. The van der Waals surface area contributed by atoms with E-state index in [1.807, 2.05) is 0 Å². The van der Waals surface area contributed by atoms with Gasteiger partial charge in [0.25, 0.3) is 0 Å². The number of imidazole rings is 1. The Kier molecular flexibility index (Phi) is 10.9. The third-order valence-corrected chi connectivity index (χ3v) is 5.31. The molecule has 15 nitrogen and oxygen atoms in total. The van der Waals surface area contributed by atoms with Gasteiger partial charge in [0, 0.05) is 18.3 Å². The maximum Gasteiger partial charge on any atom is 0.326 e. The van der Waals surface area contributed by atoms with E-state index in [0.29, 0.717) is 5.69 Å².